The Morgan fingerprint density at radius 2 is 2.14 bits per heavy atom. The molecule has 0 spiro atoms. The maximum Gasteiger partial charge on any atom is 0.185 e. The Labute approximate surface area is 131 Å². The van der Waals surface area contributed by atoms with E-state index in [1.165, 1.54) is 0 Å². The van der Waals surface area contributed by atoms with Gasteiger partial charge in [0.15, 0.2) is 5.78 Å². The largest absolute Gasteiger partial charge is 0.385 e. The molecule has 0 bridgehead atoms. The van der Waals surface area contributed by atoms with E-state index in [2.05, 4.69) is 12.2 Å². The summed E-state index contributed by atoms with van der Waals surface area (Å²) in [4.78, 5) is 12.7. The molecule has 3 unspecified atom stereocenters. The molecule has 2 rings (SSSR count). The van der Waals surface area contributed by atoms with Crippen LogP contribution in [0.4, 0.5) is 0 Å². The topological polar surface area (TPSA) is 49.3 Å². The van der Waals surface area contributed by atoms with Crippen molar-refractivity contribution in [3.05, 3.63) is 34.9 Å². The number of hydrogen-bond acceptors (Lipinski definition) is 3. The number of unbranched alkanes of at least 4 members (excludes halogenated alkanes) is 1. The minimum atomic E-state index is -0.913. The van der Waals surface area contributed by atoms with Gasteiger partial charge in [0.25, 0.3) is 0 Å². The molecule has 0 aliphatic heterocycles. The highest BCUT2D eigenvalue weighted by atomic mass is 35.5. The number of hydrogen-bond donors (Lipinski definition) is 2. The van der Waals surface area contributed by atoms with Gasteiger partial charge < -0.3 is 10.4 Å². The Kier molecular flexibility index (Phi) is 5.42. The molecule has 1 fully saturated rings. The van der Waals surface area contributed by atoms with Gasteiger partial charge in [0.05, 0.1) is 0 Å². The van der Waals surface area contributed by atoms with E-state index in [0.717, 1.165) is 24.8 Å². The smallest absolute Gasteiger partial charge is 0.185 e. The second-order valence-corrected chi connectivity index (χ2v) is 6.37. The van der Waals surface area contributed by atoms with Crippen molar-refractivity contribution in [2.75, 3.05) is 7.05 Å². The lowest BCUT2D eigenvalue weighted by molar-refractivity contribution is -0.140. The Bertz CT molecular complexity index is 505. The molecule has 0 heterocycles. The molecule has 1 aromatic carbocycles. The number of carbonyl (C=O) groups is 1. The molecule has 0 amide bonds. The average Bonchev–Trinajstić information content (AvgIpc) is 2.49. The zero-order valence-electron chi connectivity index (χ0n) is 12.7. The SMILES string of the molecule is CCCCC1CC(O)C(=O)C(NC)(c2ccccc2Cl)C1. The number of Topliss-reactive ketones (excluding diaryl/α,β-unsaturated/α-hetero) is 1. The van der Waals surface area contributed by atoms with Crippen LogP contribution in [0.2, 0.25) is 5.02 Å². The number of rotatable bonds is 5. The van der Waals surface area contributed by atoms with Gasteiger partial charge in [-0.15, -0.1) is 0 Å². The number of halogens is 1. The third kappa shape index (κ3) is 3.15. The number of ketones is 1. The first kappa shape index (κ1) is 16.5. The maximum atomic E-state index is 12.7. The molecule has 3 nitrogen and oxygen atoms in total. The molecule has 4 heteroatoms. The zero-order chi connectivity index (χ0) is 15.5. The summed E-state index contributed by atoms with van der Waals surface area (Å²) in [5, 5.41) is 14.0. The fraction of sp³-hybridized carbons (Fsp3) is 0.588. The molecule has 0 saturated heterocycles. The van der Waals surface area contributed by atoms with Crippen LogP contribution in [0, 0.1) is 5.92 Å². The van der Waals surface area contributed by atoms with Crippen LogP contribution in [0.1, 0.15) is 44.6 Å². The monoisotopic (exact) mass is 309 g/mol. The minimum Gasteiger partial charge on any atom is -0.385 e. The maximum absolute atomic E-state index is 12.7. The quantitative estimate of drug-likeness (QED) is 0.877. The highest BCUT2D eigenvalue weighted by Crippen LogP contribution is 2.41. The van der Waals surface area contributed by atoms with Crippen LogP contribution >= 0.6 is 11.6 Å². The van der Waals surface area contributed by atoms with Crippen LogP contribution in [-0.2, 0) is 10.3 Å². The minimum absolute atomic E-state index is 0.161. The second-order valence-electron chi connectivity index (χ2n) is 5.96. The molecule has 1 aromatic rings. The highest BCUT2D eigenvalue weighted by Gasteiger charge is 2.48. The number of carbonyl (C=O) groups excluding carboxylic acids is 1. The van der Waals surface area contributed by atoms with Crippen molar-refractivity contribution in [1.29, 1.82) is 0 Å². The molecule has 116 valence electrons. The Balaban J connectivity index is 2.38. The van der Waals surface area contributed by atoms with E-state index in [1.807, 2.05) is 18.2 Å². The van der Waals surface area contributed by atoms with Crippen molar-refractivity contribution in [1.82, 2.24) is 5.32 Å². The normalized spacial score (nSPS) is 29.6. The van der Waals surface area contributed by atoms with E-state index >= 15 is 0 Å². The van der Waals surface area contributed by atoms with Crippen LogP contribution in [-0.4, -0.2) is 24.0 Å². The summed E-state index contributed by atoms with van der Waals surface area (Å²) in [6.45, 7) is 2.16. The van der Waals surface area contributed by atoms with Crippen LogP contribution in [0.15, 0.2) is 24.3 Å². The Morgan fingerprint density at radius 3 is 2.76 bits per heavy atom. The molecule has 3 atom stereocenters. The number of aliphatic hydroxyl groups excluding tert-OH is 1. The standard InChI is InChI=1S/C17H24ClNO2/c1-3-4-7-12-10-15(20)16(21)17(11-12,19-2)13-8-5-6-9-14(13)18/h5-6,8-9,12,15,19-20H,3-4,7,10-11H2,1-2H3. The number of aliphatic hydroxyl groups is 1. The summed E-state index contributed by atoms with van der Waals surface area (Å²) in [5.74, 6) is 0.173. The zero-order valence-corrected chi connectivity index (χ0v) is 13.5. The lowest BCUT2D eigenvalue weighted by atomic mass is 9.68. The molecule has 0 radical (unpaired) electrons. The number of likely N-dealkylation sites (N-methyl/N-ethyl adjacent to an activating group) is 1. The first-order valence-electron chi connectivity index (χ1n) is 7.71. The van der Waals surface area contributed by atoms with Gasteiger partial charge in [-0.3, -0.25) is 4.79 Å². The van der Waals surface area contributed by atoms with Gasteiger partial charge in [0, 0.05) is 5.02 Å². The fourth-order valence-corrected chi connectivity index (χ4v) is 3.74. The van der Waals surface area contributed by atoms with Crippen molar-refractivity contribution in [2.45, 2.75) is 50.7 Å². The summed E-state index contributed by atoms with van der Waals surface area (Å²) in [6.07, 6.45) is 3.63. The van der Waals surface area contributed by atoms with E-state index in [0.29, 0.717) is 23.8 Å². The Morgan fingerprint density at radius 1 is 1.43 bits per heavy atom. The van der Waals surface area contributed by atoms with E-state index in [-0.39, 0.29) is 5.78 Å². The highest BCUT2D eigenvalue weighted by molar-refractivity contribution is 6.31. The van der Waals surface area contributed by atoms with Gasteiger partial charge in [0.1, 0.15) is 11.6 Å². The molecule has 1 aliphatic carbocycles. The van der Waals surface area contributed by atoms with Gasteiger partial charge in [0.2, 0.25) is 0 Å². The molecule has 21 heavy (non-hydrogen) atoms. The van der Waals surface area contributed by atoms with Gasteiger partial charge >= 0.3 is 0 Å². The fourth-order valence-electron chi connectivity index (χ4n) is 3.45. The summed E-state index contributed by atoms with van der Waals surface area (Å²) >= 11 is 6.32. The first-order chi connectivity index (χ1) is 10.0. The van der Waals surface area contributed by atoms with Crippen LogP contribution < -0.4 is 5.32 Å². The van der Waals surface area contributed by atoms with Crippen molar-refractivity contribution in [3.8, 4) is 0 Å². The van der Waals surface area contributed by atoms with Crippen molar-refractivity contribution in [3.63, 3.8) is 0 Å². The van der Waals surface area contributed by atoms with E-state index in [9.17, 15) is 9.90 Å². The van der Waals surface area contributed by atoms with Crippen LogP contribution in [0.25, 0.3) is 0 Å². The third-order valence-electron chi connectivity index (χ3n) is 4.60. The first-order valence-corrected chi connectivity index (χ1v) is 8.09. The van der Waals surface area contributed by atoms with Gasteiger partial charge in [-0.1, -0.05) is 56.0 Å². The number of nitrogens with one attached hydrogen (secondary N) is 1. The summed E-state index contributed by atoms with van der Waals surface area (Å²) in [6, 6.07) is 7.42. The average molecular weight is 310 g/mol. The number of benzene rings is 1. The molecule has 1 aliphatic rings. The van der Waals surface area contributed by atoms with Gasteiger partial charge in [-0.25, -0.2) is 0 Å². The molecular formula is C17H24ClNO2. The lowest BCUT2D eigenvalue weighted by Crippen LogP contribution is -2.56. The third-order valence-corrected chi connectivity index (χ3v) is 4.93. The predicted octanol–water partition coefficient (Wildman–Crippen LogP) is 3.28. The van der Waals surface area contributed by atoms with E-state index < -0.39 is 11.6 Å². The summed E-state index contributed by atoms with van der Waals surface area (Å²) < 4.78 is 0. The summed E-state index contributed by atoms with van der Waals surface area (Å²) in [7, 11) is 1.77. The van der Waals surface area contributed by atoms with Crippen LogP contribution in [0.3, 0.4) is 0 Å². The lowest BCUT2D eigenvalue weighted by Gasteiger charge is -2.42. The van der Waals surface area contributed by atoms with Crippen LogP contribution in [0.5, 0.6) is 0 Å². The van der Waals surface area contributed by atoms with Gasteiger partial charge in [-0.2, -0.15) is 0 Å². The molecule has 0 aromatic heterocycles. The van der Waals surface area contributed by atoms with E-state index in [4.69, 9.17) is 11.6 Å². The molecular weight excluding hydrogens is 286 g/mol. The van der Waals surface area contributed by atoms with E-state index in [1.54, 1.807) is 13.1 Å². The van der Waals surface area contributed by atoms with Gasteiger partial charge in [-0.05, 0) is 37.4 Å². The Hall–Kier alpha value is -0.900. The molecule has 1 saturated carbocycles. The second kappa shape index (κ2) is 6.91. The van der Waals surface area contributed by atoms with Crippen molar-refractivity contribution < 1.29 is 9.90 Å². The summed E-state index contributed by atoms with van der Waals surface area (Å²) in [5.41, 5.74) is -0.0894. The van der Waals surface area contributed by atoms with Crippen molar-refractivity contribution in [2.24, 2.45) is 5.92 Å². The van der Waals surface area contributed by atoms with Crippen molar-refractivity contribution >= 4 is 17.4 Å². The molecule has 2 N–H and O–H groups in total. The predicted molar refractivity (Wildman–Crippen MR) is 85.5 cm³/mol.